The Hall–Kier alpha value is -2.54. The lowest BCUT2D eigenvalue weighted by molar-refractivity contribution is -0.129. The lowest BCUT2D eigenvalue weighted by Crippen LogP contribution is -2.34. The number of ether oxygens (including phenoxy) is 1. The van der Waals surface area contributed by atoms with Gasteiger partial charge in [0, 0.05) is 23.5 Å². The van der Waals surface area contributed by atoms with Gasteiger partial charge in [-0.1, -0.05) is 12.1 Å². The number of benzene rings is 1. The standard InChI is InChI=1S/C19H19FN2O3S/c1-11(2)22-10-15(17(25-3)19(22)24)16(23)18-21-9-14(26-18)8-12-4-6-13(20)7-5-12/h4-7,9,11H,8,10H2,1-3H3. The summed E-state index contributed by atoms with van der Waals surface area (Å²) in [5.41, 5.74) is 1.28. The quantitative estimate of drug-likeness (QED) is 0.729. The second kappa shape index (κ2) is 7.37. The Morgan fingerprint density at radius 1 is 1.35 bits per heavy atom. The van der Waals surface area contributed by atoms with Crippen molar-refractivity contribution in [2.75, 3.05) is 13.7 Å². The molecule has 0 fully saturated rings. The number of thiazole rings is 1. The minimum absolute atomic E-state index is 0.0247. The van der Waals surface area contributed by atoms with Crippen molar-refractivity contribution in [3.05, 3.63) is 63.1 Å². The van der Waals surface area contributed by atoms with E-state index in [0.717, 1.165) is 10.4 Å². The van der Waals surface area contributed by atoms with Crippen molar-refractivity contribution in [1.82, 2.24) is 9.88 Å². The van der Waals surface area contributed by atoms with Gasteiger partial charge in [-0.2, -0.15) is 0 Å². The van der Waals surface area contributed by atoms with Gasteiger partial charge in [-0.25, -0.2) is 9.37 Å². The Bertz CT molecular complexity index is 871. The van der Waals surface area contributed by atoms with Crippen molar-refractivity contribution < 1.29 is 18.7 Å². The van der Waals surface area contributed by atoms with Crippen LogP contribution < -0.4 is 0 Å². The van der Waals surface area contributed by atoms with Gasteiger partial charge in [-0.3, -0.25) is 9.59 Å². The van der Waals surface area contributed by atoms with Gasteiger partial charge in [0.25, 0.3) is 5.91 Å². The highest BCUT2D eigenvalue weighted by Gasteiger charge is 2.37. The number of methoxy groups -OCH3 is 1. The van der Waals surface area contributed by atoms with Gasteiger partial charge < -0.3 is 9.64 Å². The number of Topliss-reactive ketones (excluding diaryl/α,β-unsaturated/α-hetero) is 1. The number of carbonyl (C=O) groups excluding carboxylic acids is 2. The molecule has 0 bridgehead atoms. The first-order chi connectivity index (χ1) is 12.4. The van der Waals surface area contributed by atoms with Gasteiger partial charge in [0.1, 0.15) is 5.82 Å². The molecule has 0 spiro atoms. The highest BCUT2D eigenvalue weighted by atomic mass is 32.1. The Labute approximate surface area is 155 Å². The third-order valence-corrected chi connectivity index (χ3v) is 5.19. The number of hydrogen-bond acceptors (Lipinski definition) is 5. The van der Waals surface area contributed by atoms with Crippen LogP contribution >= 0.6 is 11.3 Å². The summed E-state index contributed by atoms with van der Waals surface area (Å²) in [4.78, 5) is 31.9. The zero-order valence-corrected chi connectivity index (χ0v) is 15.6. The molecule has 0 saturated heterocycles. The Kier molecular flexibility index (Phi) is 5.18. The smallest absolute Gasteiger partial charge is 0.289 e. The third-order valence-electron chi connectivity index (χ3n) is 4.20. The maximum absolute atomic E-state index is 13.0. The van der Waals surface area contributed by atoms with E-state index in [1.54, 1.807) is 23.2 Å². The number of nitrogens with zero attached hydrogens (tertiary/aromatic N) is 2. The molecule has 1 aromatic heterocycles. The molecule has 2 heterocycles. The van der Waals surface area contributed by atoms with E-state index in [1.165, 1.54) is 30.6 Å². The van der Waals surface area contributed by atoms with Crippen LogP contribution in [0.15, 0.2) is 41.8 Å². The normalized spacial score (nSPS) is 14.5. The number of rotatable bonds is 6. The fourth-order valence-electron chi connectivity index (χ4n) is 2.80. The number of carbonyl (C=O) groups is 2. The summed E-state index contributed by atoms with van der Waals surface area (Å²) in [6.45, 7) is 4.01. The van der Waals surface area contributed by atoms with E-state index in [9.17, 15) is 14.0 Å². The molecule has 0 radical (unpaired) electrons. The molecule has 1 amide bonds. The molecule has 1 aromatic carbocycles. The van der Waals surface area contributed by atoms with Gasteiger partial charge >= 0.3 is 0 Å². The molecule has 0 saturated carbocycles. The molecule has 5 nitrogen and oxygen atoms in total. The molecule has 7 heteroatoms. The summed E-state index contributed by atoms with van der Waals surface area (Å²) in [6.07, 6.45) is 2.21. The molecule has 0 aliphatic carbocycles. The predicted octanol–water partition coefficient (Wildman–Crippen LogP) is 3.21. The second-order valence-electron chi connectivity index (χ2n) is 6.30. The van der Waals surface area contributed by atoms with Gasteiger partial charge in [-0.05, 0) is 31.5 Å². The number of ketones is 1. The lowest BCUT2D eigenvalue weighted by atomic mass is 10.1. The van der Waals surface area contributed by atoms with Crippen LogP contribution in [0, 0.1) is 5.82 Å². The summed E-state index contributed by atoms with van der Waals surface area (Å²) >= 11 is 1.28. The zero-order chi connectivity index (χ0) is 18.8. The first-order valence-electron chi connectivity index (χ1n) is 8.22. The van der Waals surface area contributed by atoms with Crippen LogP contribution in [0.25, 0.3) is 0 Å². The van der Waals surface area contributed by atoms with Crippen LogP contribution in [0.5, 0.6) is 0 Å². The topological polar surface area (TPSA) is 59.5 Å². The van der Waals surface area contributed by atoms with Crippen molar-refractivity contribution in [1.29, 1.82) is 0 Å². The van der Waals surface area contributed by atoms with Crippen LogP contribution in [0.2, 0.25) is 0 Å². The molecule has 1 aliphatic rings. The molecule has 3 rings (SSSR count). The summed E-state index contributed by atoms with van der Waals surface area (Å²) in [7, 11) is 1.39. The Morgan fingerprint density at radius 3 is 2.65 bits per heavy atom. The maximum Gasteiger partial charge on any atom is 0.289 e. The van der Waals surface area contributed by atoms with Crippen LogP contribution in [0.3, 0.4) is 0 Å². The van der Waals surface area contributed by atoms with Crippen LogP contribution in [0.4, 0.5) is 4.39 Å². The van der Waals surface area contributed by atoms with Crippen LogP contribution in [0.1, 0.15) is 34.1 Å². The molecule has 136 valence electrons. The van der Waals surface area contributed by atoms with E-state index < -0.39 is 0 Å². The second-order valence-corrected chi connectivity index (χ2v) is 7.42. The van der Waals surface area contributed by atoms with E-state index in [2.05, 4.69) is 4.98 Å². The van der Waals surface area contributed by atoms with Crippen molar-refractivity contribution in [3.8, 4) is 0 Å². The monoisotopic (exact) mass is 374 g/mol. The van der Waals surface area contributed by atoms with Crippen LogP contribution in [-0.4, -0.2) is 41.3 Å². The molecule has 0 atom stereocenters. The minimum atomic E-state index is -0.284. The van der Waals surface area contributed by atoms with Crippen molar-refractivity contribution in [2.45, 2.75) is 26.3 Å². The fraction of sp³-hybridized carbons (Fsp3) is 0.316. The highest BCUT2D eigenvalue weighted by Crippen LogP contribution is 2.27. The third kappa shape index (κ3) is 3.53. The number of aromatic nitrogens is 1. The zero-order valence-electron chi connectivity index (χ0n) is 14.8. The SMILES string of the molecule is COC1=C(C(=O)c2ncc(Cc3ccc(F)cc3)s2)CN(C(C)C)C1=O. The van der Waals surface area contributed by atoms with Crippen molar-refractivity contribution in [3.63, 3.8) is 0 Å². The van der Waals surface area contributed by atoms with Gasteiger partial charge in [0.2, 0.25) is 5.78 Å². The van der Waals surface area contributed by atoms with E-state index in [0.29, 0.717) is 17.0 Å². The lowest BCUT2D eigenvalue weighted by Gasteiger charge is -2.20. The van der Waals surface area contributed by atoms with Gasteiger partial charge in [0.15, 0.2) is 10.8 Å². The maximum atomic E-state index is 13.0. The molecule has 26 heavy (non-hydrogen) atoms. The largest absolute Gasteiger partial charge is 0.491 e. The number of amides is 1. The number of hydrogen-bond donors (Lipinski definition) is 0. The molecular formula is C19H19FN2O3S. The fourth-order valence-corrected chi connectivity index (χ4v) is 3.72. The first-order valence-corrected chi connectivity index (χ1v) is 9.04. The molecule has 1 aliphatic heterocycles. The van der Waals surface area contributed by atoms with E-state index >= 15 is 0 Å². The van der Waals surface area contributed by atoms with Gasteiger partial charge in [-0.15, -0.1) is 11.3 Å². The summed E-state index contributed by atoms with van der Waals surface area (Å²) in [6, 6.07) is 6.20. The average Bonchev–Trinajstić information content (AvgIpc) is 3.20. The molecule has 0 unspecified atom stereocenters. The summed E-state index contributed by atoms with van der Waals surface area (Å²) in [5, 5.41) is 0.324. The highest BCUT2D eigenvalue weighted by molar-refractivity contribution is 7.13. The van der Waals surface area contributed by atoms with Crippen molar-refractivity contribution in [2.24, 2.45) is 0 Å². The summed E-state index contributed by atoms with van der Waals surface area (Å²) in [5.74, 6) is -0.741. The molecule has 2 aromatic rings. The molecular weight excluding hydrogens is 355 g/mol. The van der Waals surface area contributed by atoms with E-state index in [1.807, 2.05) is 13.8 Å². The van der Waals surface area contributed by atoms with Crippen LogP contribution in [-0.2, 0) is 16.0 Å². The Balaban J connectivity index is 1.80. The minimum Gasteiger partial charge on any atom is -0.491 e. The predicted molar refractivity (Wildman–Crippen MR) is 96.5 cm³/mol. The average molecular weight is 374 g/mol. The first kappa shape index (κ1) is 18.3. The van der Waals surface area contributed by atoms with Gasteiger partial charge in [0.05, 0.1) is 19.2 Å². The number of halogens is 1. The van der Waals surface area contributed by atoms with E-state index in [4.69, 9.17) is 4.74 Å². The Morgan fingerprint density at radius 2 is 2.04 bits per heavy atom. The molecule has 0 N–H and O–H groups in total. The summed E-state index contributed by atoms with van der Waals surface area (Å²) < 4.78 is 18.2. The van der Waals surface area contributed by atoms with Crippen molar-refractivity contribution >= 4 is 23.0 Å². The van der Waals surface area contributed by atoms with E-state index in [-0.39, 0.29) is 35.9 Å².